The second kappa shape index (κ2) is 7.25. The molecule has 1 atom stereocenters. The molecular formula is C17H25NO3. The summed E-state index contributed by atoms with van der Waals surface area (Å²) in [6, 6.07) is 9.73. The first-order valence-corrected chi connectivity index (χ1v) is 7.36. The van der Waals surface area contributed by atoms with Gasteiger partial charge >= 0.3 is 5.97 Å². The van der Waals surface area contributed by atoms with Gasteiger partial charge in [-0.2, -0.15) is 0 Å². The van der Waals surface area contributed by atoms with E-state index in [-0.39, 0.29) is 18.2 Å². The molecule has 0 saturated heterocycles. The topological polar surface area (TPSA) is 57.6 Å². The molecule has 0 radical (unpaired) electrons. The lowest BCUT2D eigenvalue weighted by Gasteiger charge is -2.31. The molecule has 1 aromatic carbocycles. The van der Waals surface area contributed by atoms with Crippen molar-refractivity contribution in [1.82, 2.24) is 4.90 Å². The van der Waals surface area contributed by atoms with Gasteiger partial charge < -0.3 is 10.0 Å². The number of carboxylic acid groups (broad SMARTS) is 1. The summed E-state index contributed by atoms with van der Waals surface area (Å²) in [7, 11) is 0. The van der Waals surface area contributed by atoms with Gasteiger partial charge in [0.15, 0.2) is 0 Å². The Balaban J connectivity index is 2.82. The highest BCUT2D eigenvalue weighted by molar-refractivity contribution is 5.85. The molecule has 0 fully saturated rings. The summed E-state index contributed by atoms with van der Waals surface area (Å²) in [6.45, 7) is 8.33. The van der Waals surface area contributed by atoms with E-state index in [1.54, 1.807) is 11.8 Å². The van der Waals surface area contributed by atoms with Crippen molar-refractivity contribution in [2.24, 2.45) is 11.3 Å². The molecule has 21 heavy (non-hydrogen) atoms. The highest BCUT2D eigenvalue weighted by Crippen LogP contribution is 2.32. The van der Waals surface area contributed by atoms with Crippen LogP contribution in [-0.4, -0.2) is 28.4 Å². The molecule has 0 heterocycles. The van der Waals surface area contributed by atoms with Gasteiger partial charge in [-0.3, -0.25) is 9.59 Å². The van der Waals surface area contributed by atoms with Crippen molar-refractivity contribution >= 4 is 11.9 Å². The molecule has 0 spiro atoms. The standard InChI is InChI=1S/C17H25NO3/c1-5-18(12-14-9-7-6-8-10-14)15(19)11-17(4,13(2)3)16(20)21/h6-10,13H,5,11-12H2,1-4H3,(H,20,21). The first kappa shape index (κ1) is 17.2. The highest BCUT2D eigenvalue weighted by atomic mass is 16.4. The third kappa shape index (κ3) is 4.31. The van der Waals surface area contributed by atoms with Crippen LogP contribution in [0.3, 0.4) is 0 Å². The Hall–Kier alpha value is -1.84. The Morgan fingerprint density at radius 3 is 2.24 bits per heavy atom. The van der Waals surface area contributed by atoms with E-state index in [4.69, 9.17) is 0 Å². The smallest absolute Gasteiger partial charge is 0.310 e. The fourth-order valence-electron chi connectivity index (χ4n) is 2.13. The molecule has 1 N–H and O–H groups in total. The molecule has 0 aliphatic rings. The lowest BCUT2D eigenvalue weighted by Crippen LogP contribution is -2.40. The van der Waals surface area contributed by atoms with Gasteiger partial charge in [0.25, 0.3) is 0 Å². The van der Waals surface area contributed by atoms with Gasteiger partial charge in [0, 0.05) is 19.5 Å². The van der Waals surface area contributed by atoms with Crippen LogP contribution < -0.4 is 0 Å². The van der Waals surface area contributed by atoms with Gasteiger partial charge in [-0.25, -0.2) is 0 Å². The molecule has 0 bridgehead atoms. The van der Waals surface area contributed by atoms with Crippen LogP contribution in [0.2, 0.25) is 0 Å². The molecule has 4 heteroatoms. The van der Waals surface area contributed by atoms with Crippen LogP contribution in [0.1, 0.15) is 39.7 Å². The maximum absolute atomic E-state index is 12.5. The fourth-order valence-corrected chi connectivity index (χ4v) is 2.13. The molecule has 0 aliphatic heterocycles. The van der Waals surface area contributed by atoms with Gasteiger partial charge in [-0.05, 0) is 25.3 Å². The summed E-state index contributed by atoms with van der Waals surface area (Å²) in [5.74, 6) is -1.13. The lowest BCUT2D eigenvalue weighted by molar-refractivity contribution is -0.155. The Morgan fingerprint density at radius 2 is 1.81 bits per heavy atom. The Labute approximate surface area is 126 Å². The zero-order chi connectivity index (χ0) is 16.0. The van der Waals surface area contributed by atoms with Crippen LogP contribution in [0.4, 0.5) is 0 Å². The maximum Gasteiger partial charge on any atom is 0.310 e. The average Bonchev–Trinajstić information content (AvgIpc) is 2.45. The van der Waals surface area contributed by atoms with E-state index in [9.17, 15) is 14.7 Å². The molecule has 0 aromatic heterocycles. The monoisotopic (exact) mass is 291 g/mol. The van der Waals surface area contributed by atoms with E-state index in [0.29, 0.717) is 13.1 Å². The van der Waals surface area contributed by atoms with Crippen LogP contribution in [-0.2, 0) is 16.1 Å². The van der Waals surface area contributed by atoms with Crippen molar-refractivity contribution in [3.8, 4) is 0 Å². The summed E-state index contributed by atoms with van der Waals surface area (Å²) >= 11 is 0. The van der Waals surface area contributed by atoms with Crippen LogP contribution in [0.25, 0.3) is 0 Å². The van der Waals surface area contributed by atoms with Crippen molar-refractivity contribution in [1.29, 1.82) is 0 Å². The van der Waals surface area contributed by atoms with Crippen LogP contribution in [0, 0.1) is 11.3 Å². The van der Waals surface area contributed by atoms with E-state index in [1.807, 2.05) is 51.1 Å². The van der Waals surface area contributed by atoms with Crippen LogP contribution in [0.5, 0.6) is 0 Å². The lowest BCUT2D eigenvalue weighted by atomic mass is 9.76. The Morgan fingerprint density at radius 1 is 1.24 bits per heavy atom. The summed E-state index contributed by atoms with van der Waals surface area (Å²) in [5, 5.41) is 9.43. The van der Waals surface area contributed by atoms with Crippen molar-refractivity contribution in [2.45, 2.75) is 40.7 Å². The number of carbonyl (C=O) groups excluding carboxylic acids is 1. The predicted molar refractivity (Wildman–Crippen MR) is 82.7 cm³/mol. The number of hydrogen-bond donors (Lipinski definition) is 1. The van der Waals surface area contributed by atoms with Gasteiger partial charge in [0.05, 0.1) is 5.41 Å². The third-order valence-corrected chi connectivity index (χ3v) is 4.23. The number of amides is 1. The number of benzene rings is 1. The van der Waals surface area contributed by atoms with E-state index in [2.05, 4.69) is 0 Å². The normalized spacial score (nSPS) is 13.8. The zero-order valence-electron chi connectivity index (χ0n) is 13.3. The minimum absolute atomic E-state index is 0.0284. The van der Waals surface area contributed by atoms with E-state index in [0.717, 1.165) is 5.56 Å². The Bertz CT molecular complexity index is 484. The molecule has 116 valence electrons. The summed E-state index contributed by atoms with van der Waals surface area (Å²) < 4.78 is 0. The number of hydrogen-bond acceptors (Lipinski definition) is 2. The third-order valence-electron chi connectivity index (χ3n) is 4.23. The Kier molecular flexibility index (Phi) is 5.94. The molecular weight excluding hydrogens is 266 g/mol. The van der Waals surface area contributed by atoms with Gasteiger partial charge in [0.1, 0.15) is 0 Å². The van der Waals surface area contributed by atoms with Crippen LogP contribution >= 0.6 is 0 Å². The number of carboxylic acids is 1. The minimum atomic E-state index is -1.03. The summed E-state index contributed by atoms with van der Waals surface area (Å²) in [4.78, 5) is 25.7. The average molecular weight is 291 g/mol. The highest BCUT2D eigenvalue weighted by Gasteiger charge is 2.39. The van der Waals surface area contributed by atoms with Gasteiger partial charge in [0.2, 0.25) is 5.91 Å². The molecule has 4 nitrogen and oxygen atoms in total. The molecule has 1 amide bonds. The van der Waals surface area contributed by atoms with Crippen molar-refractivity contribution in [2.75, 3.05) is 6.54 Å². The zero-order valence-corrected chi connectivity index (χ0v) is 13.3. The molecule has 0 aliphatic carbocycles. The summed E-state index contributed by atoms with van der Waals surface area (Å²) in [5.41, 5.74) is 0.0237. The maximum atomic E-state index is 12.5. The molecule has 1 rings (SSSR count). The quantitative estimate of drug-likeness (QED) is 0.839. The van der Waals surface area contributed by atoms with Crippen LogP contribution in [0.15, 0.2) is 30.3 Å². The van der Waals surface area contributed by atoms with Crippen molar-refractivity contribution in [3.63, 3.8) is 0 Å². The van der Waals surface area contributed by atoms with Crippen molar-refractivity contribution in [3.05, 3.63) is 35.9 Å². The van der Waals surface area contributed by atoms with Gasteiger partial charge in [-0.1, -0.05) is 44.2 Å². The second-order valence-electron chi connectivity index (χ2n) is 5.95. The van der Waals surface area contributed by atoms with E-state index >= 15 is 0 Å². The molecule has 1 unspecified atom stereocenters. The number of carbonyl (C=O) groups is 2. The number of rotatable bonds is 7. The van der Waals surface area contributed by atoms with Crippen molar-refractivity contribution < 1.29 is 14.7 Å². The first-order valence-electron chi connectivity index (χ1n) is 7.36. The minimum Gasteiger partial charge on any atom is -0.481 e. The fraction of sp³-hybridized carbons (Fsp3) is 0.529. The molecule has 1 aromatic rings. The largest absolute Gasteiger partial charge is 0.481 e. The number of aliphatic carboxylic acids is 1. The SMILES string of the molecule is CCN(Cc1ccccc1)C(=O)CC(C)(C(=O)O)C(C)C. The predicted octanol–water partition coefficient (Wildman–Crippen LogP) is 3.17. The molecule has 0 saturated carbocycles. The first-order chi connectivity index (χ1) is 9.81. The van der Waals surface area contributed by atoms with Gasteiger partial charge in [-0.15, -0.1) is 0 Å². The summed E-state index contributed by atoms with van der Waals surface area (Å²) in [6.07, 6.45) is 0.0284. The van der Waals surface area contributed by atoms with E-state index < -0.39 is 11.4 Å². The number of nitrogens with zero attached hydrogens (tertiary/aromatic N) is 1. The van der Waals surface area contributed by atoms with E-state index in [1.165, 1.54) is 0 Å². The second-order valence-corrected chi connectivity index (χ2v) is 5.95.